The lowest BCUT2D eigenvalue weighted by Gasteiger charge is -2.15. The first-order valence-corrected chi connectivity index (χ1v) is 37.9. The summed E-state index contributed by atoms with van der Waals surface area (Å²) >= 11 is 0. The number of hydrogen-bond acceptors (Lipinski definition) is 19. The highest BCUT2D eigenvalue weighted by Gasteiger charge is 2.16. The maximum atomic E-state index is 11.9. The quantitative estimate of drug-likeness (QED) is 0.0270. The normalized spacial score (nSPS) is 9.59. The van der Waals surface area contributed by atoms with Gasteiger partial charge in [0.2, 0.25) is 0 Å². The third-order valence-corrected chi connectivity index (χ3v) is 16.4. The van der Waals surface area contributed by atoms with E-state index in [2.05, 4.69) is 84.3 Å². The monoisotopic (exact) mass is 1570 g/mol. The molecule has 0 atom stereocenters. The molecule has 0 fully saturated rings. The van der Waals surface area contributed by atoms with Gasteiger partial charge < -0.3 is 65.3 Å². The zero-order chi connectivity index (χ0) is 86.0. The predicted octanol–water partition coefficient (Wildman–Crippen LogP) is 17.6. The average Bonchev–Trinajstić information content (AvgIpc) is 0.839. The van der Waals surface area contributed by atoms with E-state index in [9.17, 15) is 33.6 Å². The molecule has 0 unspecified atom stereocenters. The van der Waals surface area contributed by atoms with Crippen molar-refractivity contribution in [1.29, 1.82) is 0 Å². The van der Waals surface area contributed by atoms with E-state index in [0.717, 1.165) is 80.7 Å². The molecule has 22 nitrogen and oxygen atoms in total. The number of esters is 3. The van der Waals surface area contributed by atoms with Gasteiger partial charge in [-0.15, -0.1) is 0 Å². The second kappa shape index (κ2) is 54.7. The van der Waals surface area contributed by atoms with E-state index in [1.807, 2.05) is 259 Å². The number of carbonyl (C=O) groups is 7. The van der Waals surface area contributed by atoms with Crippen LogP contribution in [0, 0.1) is 13.8 Å². The Morgan fingerprint density at radius 2 is 0.765 bits per heavy atom. The highest BCUT2D eigenvalue weighted by molar-refractivity contribution is 6.01. The minimum atomic E-state index is -0.267. The van der Waals surface area contributed by atoms with Crippen LogP contribution in [0.15, 0.2) is 231 Å². The Morgan fingerprint density at radius 3 is 1.21 bits per heavy atom. The zero-order valence-corrected chi connectivity index (χ0v) is 71.7. The van der Waals surface area contributed by atoms with Gasteiger partial charge in [0.15, 0.2) is 5.78 Å². The number of anilines is 7. The first-order valence-electron chi connectivity index (χ1n) is 37.9. The van der Waals surface area contributed by atoms with Crippen molar-refractivity contribution in [3.8, 4) is 11.3 Å². The minimum Gasteiger partial charge on any atom is -0.465 e. The molecule has 10 rings (SSSR count). The minimum absolute atomic E-state index is 0.0251. The van der Waals surface area contributed by atoms with Crippen molar-refractivity contribution >= 4 is 81.2 Å². The second-order valence-electron chi connectivity index (χ2n) is 26.2. The molecule has 9 aromatic carbocycles. The van der Waals surface area contributed by atoms with Crippen LogP contribution in [0.25, 0.3) is 11.3 Å². The molecule has 0 bridgehead atoms. The fourth-order valence-electron chi connectivity index (χ4n) is 10.00. The number of hydrogen-bond donors (Lipinski definition) is 5. The van der Waals surface area contributed by atoms with Crippen LogP contribution >= 0.6 is 0 Å². The van der Waals surface area contributed by atoms with Gasteiger partial charge in [0.05, 0.1) is 42.7 Å². The molecule has 0 aliphatic rings. The third kappa shape index (κ3) is 37.4. The van der Waals surface area contributed by atoms with Crippen molar-refractivity contribution in [2.24, 2.45) is 0 Å². The van der Waals surface area contributed by atoms with E-state index in [1.54, 1.807) is 97.7 Å². The van der Waals surface area contributed by atoms with E-state index in [1.165, 1.54) is 28.2 Å². The Labute approximate surface area is 683 Å². The van der Waals surface area contributed by atoms with Crippen LogP contribution in [-0.4, -0.2) is 192 Å². The first-order chi connectivity index (χ1) is 54.9. The van der Waals surface area contributed by atoms with Gasteiger partial charge in [-0.05, 0) is 185 Å². The van der Waals surface area contributed by atoms with Crippen molar-refractivity contribution in [2.45, 2.75) is 67.7 Å². The molecule has 0 saturated carbocycles. The molecule has 0 aliphatic heterocycles. The topological polar surface area (TPSA) is 249 Å². The summed E-state index contributed by atoms with van der Waals surface area (Å²) in [5, 5.41) is 15.1. The van der Waals surface area contributed by atoms with Crippen molar-refractivity contribution < 1.29 is 47.8 Å². The highest BCUT2D eigenvalue weighted by atomic mass is 16.5. The molecule has 1 aromatic heterocycles. The van der Waals surface area contributed by atoms with Crippen molar-refractivity contribution in [3.63, 3.8) is 0 Å². The third-order valence-electron chi connectivity index (χ3n) is 16.4. The van der Waals surface area contributed by atoms with Gasteiger partial charge in [-0.1, -0.05) is 117 Å². The summed E-state index contributed by atoms with van der Waals surface area (Å²) in [6.45, 7) is 14.3. The summed E-state index contributed by atoms with van der Waals surface area (Å²) in [5.41, 5.74) is 17.0. The molecular formula is C93H122N12O10. The number of ether oxygens (including phenoxy) is 3. The summed E-state index contributed by atoms with van der Waals surface area (Å²) in [5.74, 6) is -0.0150. The molecule has 614 valence electrons. The predicted molar refractivity (Wildman–Crippen MR) is 476 cm³/mol. The number of aromatic nitrogens is 2. The maximum Gasteiger partial charge on any atom is 0.338 e. The lowest BCUT2D eigenvalue weighted by Crippen LogP contribution is -2.24. The Hall–Kier alpha value is -12.9. The standard InChI is InChI=1S/C13H19N3O2.C12H13N3.C11H15NO2.2C11H14O2.C10H14N2O.C10H13NO.C8H11N.C7H9N/c1-14-11-7-9(12(17)15(2)3)6-10(8-11)13(18)16(4)5;1-9-14-7-6-12(15-9)10-4-3-5-11(8-10)13-2;1-4-14-11(13)9-6-5-7-10(8-9)12(2)3;1-4-9-5-8(2)6-10(7-9)11(12)13-3;1-3-9-6-5-7-10(8-9)11(12)13-4-2;1-11-9-6-4-5-8(7-9)10(13)12(2)3;1-3-10(12)8-5-4-6-9(7-8)11-2;1-9(2)8-6-4-3-5-7-8;1-8-7-5-3-2-4-6-7/h6-8,14H,1-5H3;3-8,13H,1-2H3;5-8H,4H2,1-3H3;5-7H,4H2,1-3H3;5-8H,3-4H2,1-2H3;4-7,11H,1-3H3;4-7,11H,3H2,1-2H3;3-7H,1-2H3;2-6,8H,1H3. The number of para-hydroxylation sites is 2. The van der Waals surface area contributed by atoms with Gasteiger partial charge in [-0.3, -0.25) is 19.2 Å². The molecule has 0 saturated heterocycles. The molecule has 3 amide bonds. The van der Waals surface area contributed by atoms with Gasteiger partial charge in [-0.25, -0.2) is 24.4 Å². The number of ketones is 1. The second-order valence-corrected chi connectivity index (χ2v) is 26.2. The number of nitrogens with one attached hydrogen (secondary N) is 5. The summed E-state index contributed by atoms with van der Waals surface area (Å²) < 4.78 is 14.4. The molecule has 0 spiro atoms. The smallest absolute Gasteiger partial charge is 0.338 e. The Bertz CT molecular complexity index is 4530. The number of amides is 3. The van der Waals surface area contributed by atoms with E-state index in [4.69, 9.17) is 9.47 Å². The van der Waals surface area contributed by atoms with Crippen LogP contribution in [0.4, 0.5) is 39.8 Å². The SMILES string of the molecule is CCC(=O)c1cccc(NC)c1.CCOC(=O)c1cccc(CC)c1.CCOC(=O)c1cccc(N(C)C)c1.CCc1cc(C)cc(C(=O)OC)c1.CN(C)c1ccccc1.CNc1cc(C(=O)N(C)C)cc(C(=O)N(C)C)c1.CNc1cccc(-c2ccnc(C)n2)c1.CNc1cccc(C(=O)N(C)C)c1.CNc1ccccc1. The molecule has 115 heavy (non-hydrogen) atoms. The number of methoxy groups -OCH3 is 1. The van der Waals surface area contributed by atoms with Gasteiger partial charge >= 0.3 is 17.9 Å². The zero-order valence-electron chi connectivity index (χ0n) is 71.7. The van der Waals surface area contributed by atoms with Crippen molar-refractivity contribution in [3.05, 3.63) is 292 Å². The van der Waals surface area contributed by atoms with E-state index < -0.39 is 0 Å². The van der Waals surface area contributed by atoms with Crippen LogP contribution in [0.3, 0.4) is 0 Å². The summed E-state index contributed by atoms with van der Waals surface area (Å²) in [6.07, 6.45) is 4.22. The van der Waals surface area contributed by atoms with Gasteiger partial charge in [0, 0.05) is 186 Å². The van der Waals surface area contributed by atoms with Crippen LogP contribution in [0.5, 0.6) is 0 Å². The summed E-state index contributed by atoms with van der Waals surface area (Å²) in [4.78, 5) is 97.5. The Morgan fingerprint density at radius 1 is 0.357 bits per heavy atom. The van der Waals surface area contributed by atoms with Crippen molar-refractivity contribution in [2.75, 3.05) is 162 Å². The van der Waals surface area contributed by atoms with Gasteiger partial charge in [-0.2, -0.15) is 0 Å². The molecule has 0 aliphatic carbocycles. The molecule has 5 N–H and O–H groups in total. The molecule has 1 heterocycles. The largest absolute Gasteiger partial charge is 0.465 e. The molecule has 22 heteroatoms. The lowest BCUT2D eigenvalue weighted by molar-refractivity contribution is 0.0516. The highest BCUT2D eigenvalue weighted by Crippen LogP contribution is 2.22. The van der Waals surface area contributed by atoms with Crippen LogP contribution in [0.2, 0.25) is 0 Å². The van der Waals surface area contributed by atoms with Crippen molar-refractivity contribution in [1.82, 2.24) is 24.7 Å². The van der Waals surface area contributed by atoms with Crippen LogP contribution in [0.1, 0.15) is 136 Å². The Balaban J connectivity index is 0.000000442. The number of benzene rings is 9. The first kappa shape index (κ1) is 98.2. The van der Waals surface area contributed by atoms with E-state index in [-0.39, 0.29) is 41.4 Å². The number of nitrogens with zero attached hydrogens (tertiary/aromatic N) is 7. The Kier molecular flexibility index (Phi) is 46.7. The van der Waals surface area contributed by atoms with Gasteiger partial charge in [0.25, 0.3) is 17.7 Å². The van der Waals surface area contributed by atoms with Gasteiger partial charge in [0.1, 0.15) is 5.82 Å². The average molecular weight is 1570 g/mol. The number of carbonyl (C=O) groups excluding carboxylic acids is 7. The molecule has 10 aromatic rings. The molecular weight excluding hydrogens is 1450 g/mol. The number of aryl methyl sites for hydroxylation is 4. The summed E-state index contributed by atoms with van der Waals surface area (Å²) in [6, 6.07) is 71.1. The lowest BCUT2D eigenvalue weighted by atomic mass is 10.1. The maximum absolute atomic E-state index is 11.9. The number of Topliss-reactive ketones (excluding diaryl/α,β-unsaturated/α-hetero) is 1. The van der Waals surface area contributed by atoms with Crippen LogP contribution < -0.4 is 36.4 Å². The van der Waals surface area contributed by atoms with E-state index >= 15 is 0 Å². The molecule has 0 radical (unpaired) electrons. The summed E-state index contributed by atoms with van der Waals surface area (Å²) in [7, 11) is 28.8. The van der Waals surface area contributed by atoms with Crippen LogP contribution in [-0.2, 0) is 27.1 Å². The number of rotatable bonds is 20. The fourth-order valence-corrected chi connectivity index (χ4v) is 10.00. The van der Waals surface area contributed by atoms with E-state index in [0.29, 0.717) is 53.0 Å². The fraction of sp³-hybridized carbons (Fsp3) is 0.301.